The highest BCUT2D eigenvalue weighted by atomic mass is 127. The number of rotatable bonds is 7. The average molecular weight is 451 g/mol. The van der Waals surface area contributed by atoms with Gasteiger partial charge in [-0.15, -0.1) is 24.0 Å². The van der Waals surface area contributed by atoms with Gasteiger partial charge in [0.05, 0.1) is 13.0 Å². The molecule has 9 heteroatoms. The molecule has 1 heterocycles. The largest absolute Gasteiger partial charge is 0.390 e. The maximum absolute atomic E-state index is 12.1. The number of hydrogen-bond donors (Lipinski definition) is 2. The van der Waals surface area contributed by atoms with Crippen molar-refractivity contribution in [2.24, 2.45) is 4.99 Å². The summed E-state index contributed by atoms with van der Waals surface area (Å²) in [5.74, 6) is 0.457. The first kappa shape index (κ1) is 22.7. The standard InChI is InChI=1S/C14H28F3N5.HI/c1-3-18-13(19-6-5-14(15,16)17)20-7-8-22-11-9-21(4-2)10-12-22;/h3-12H2,1-2H3,(H2,18,19,20);1H. The van der Waals surface area contributed by atoms with E-state index in [0.29, 0.717) is 19.0 Å². The molecule has 1 aliphatic rings. The molecule has 0 bridgehead atoms. The summed E-state index contributed by atoms with van der Waals surface area (Å²) in [6.07, 6.45) is -5.04. The van der Waals surface area contributed by atoms with Crippen LogP contribution in [0, 0.1) is 0 Å². The number of aliphatic imine (C=N–C) groups is 1. The number of nitrogens with zero attached hydrogens (tertiary/aromatic N) is 3. The molecule has 1 saturated heterocycles. The molecule has 0 aromatic rings. The van der Waals surface area contributed by atoms with Gasteiger partial charge in [-0.25, -0.2) is 0 Å². The molecule has 1 rings (SSSR count). The molecule has 2 N–H and O–H groups in total. The average Bonchev–Trinajstić information content (AvgIpc) is 2.46. The van der Waals surface area contributed by atoms with Crippen molar-refractivity contribution in [3.05, 3.63) is 0 Å². The van der Waals surface area contributed by atoms with Crippen molar-refractivity contribution < 1.29 is 13.2 Å². The lowest BCUT2D eigenvalue weighted by atomic mass is 10.3. The number of nitrogens with one attached hydrogen (secondary N) is 2. The highest BCUT2D eigenvalue weighted by molar-refractivity contribution is 14.0. The van der Waals surface area contributed by atoms with Gasteiger partial charge >= 0.3 is 6.18 Å². The lowest BCUT2D eigenvalue weighted by Crippen LogP contribution is -2.49. The SMILES string of the molecule is CCNC(=NCCC(F)(F)F)NCCN1CCN(CC)CC1.I. The molecule has 0 spiro atoms. The molecule has 0 radical (unpaired) electrons. The molecule has 1 fully saturated rings. The van der Waals surface area contributed by atoms with E-state index in [4.69, 9.17) is 0 Å². The summed E-state index contributed by atoms with van der Waals surface area (Å²) >= 11 is 0. The summed E-state index contributed by atoms with van der Waals surface area (Å²) in [6, 6.07) is 0. The molecule has 0 saturated carbocycles. The number of hydrogen-bond acceptors (Lipinski definition) is 3. The predicted octanol–water partition coefficient (Wildman–Crippen LogP) is 1.75. The van der Waals surface area contributed by atoms with Crippen molar-refractivity contribution in [3.8, 4) is 0 Å². The Kier molecular flexibility index (Phi) is 12.0. The van der Waals surface area contributed by atoms with Crippen LogP contribution in [-0.4, -0.2) is 80.8 Å². The molecule has 5 nitrogen and oxygen atoms in total. The minimum absolute atomic E-state index is 0. The van der Waals surface area contributed by atoms with Gasteiger partial charge < -0.3 is 15.5 Å². The number of piperazine rings is 1. The van der Waals surface area contributed by atoms with Crippen molar-refractivity contribution in [1.29, 1.82) is 0 Å². The maximum atomic E-state index is 12.1. The Labute approximate surface area is 154 Å². The zero-order chi connectivity index (χ0) is 16.4. The minimum Gasteiger partial charge on any atom is -0.357 e. The van der Waals surface area contributed by atoms with E-state index in [9.17, 15) is 13.2 Å². The van der Waals surface area contributed by atoms with Crippen LogP contribution >= 0.6 is 24.0 Å². The summed E-state index contributed by atoms with van der Waals surface area (Å²) in [5, 5.41) is 6.06. The number of alkyl halides is 3. The molecule has 0 amide bonds. The topological polar surface area (TPSA) is 42.9 Å². The fraction of sp³-hybridized carbons (Fsp3) is 0.929. The summed E-state index contributed by atoms with van der Waals surface area (Å²) in [4.78, 5) is 8.72. The quantitative estimate of drug-likeness (QED) is 0.352. The molecule has 0 atom stereocenters. The van der Waals surface area contributed by atoms with E-state index in [1.54, 1.807) is 0 Å². The smallest absolute Gasteiger partial charge is 0.357 e. The zero-order valence-electron chi connectivity index (χ0n) is 14.0. The molecule has 23 heavy (non-hydrogen) atoms. The van der Waals surface area contributed by atoms with Gasteiger partial charge in [-0.05, 0) is 13.5 Å². The van der Waals surface area contributed by atoms with Crippen LogP contribution in [0.4, 0.5) is 13.2 Å². The lowest BCUT2D eigenvalue weighted by Gasteiger charge is -2.34. The Bertz CT molecular complexity index is 331. The van der Waals surface area contributed by atoms with Crippen LogP contribution < -0.4 is 10.6 Å². The molecular weight excluding hydrogens is 422 g/mol. The van der Waals surface area contributed by atoms with Crippen LogP contribution in [0.2, 0.25) is 0 Å². The lowest BCUT2D eigenvalue weighted by molar-refractivity contribution is -0.132. The van der Waals surface area contributed by atoms with Crippen LogP contribution in [0.15, 0.2) is 4.99 Å². The van der Waals surface area contributed by atoms with E-state index in [2.05, 4.69) is 32.3 Å². The summed E-state index contributed by atoms with van der Waals surface area (Å²) in [6.45, 7) is 11.3. The molecule has 138 valence electrons. The third-order valence-corrected chi connectivity index (χ3v) is 3.64. The number of halogens is 4. The highest BCUT2D eigenvalue weighted by Crippen LogP contribution is 2.18. The first-order chi connectivity index (χ1) is 10.4. The second kappa shape index (κ2) is 12.1. The summed E-state index contributed by atoms with van der Waals surface area (Å²) < 4.78 is 36.4. The van der Waals surface area contributed by atoms with Crippen LogP contribution in [0.1, 0.15) is 20.3 Å². The van der Waals surface area contributed by atoms with Crippen LogP contribution in [0.5, 0.6) is 0 Å². The van der Waals surface area contributed by atoms with Gasteiger partial charge in [-0.2, -0.15) is 13.2 Å². The van der Waals surface area contributed by atoms with Crippen LogP contribution in [-0.2, 0) is 0 Å². The van der Waals surface area contributed by atoms with Gasteiger partial charge in [0, 0.05) is 45.8 Å². The first-order valence-corrected chi connectivity index (χ1v) is 7.98. The molecule has 1 aliphatic heterocycles. The molecular formula is C14H29F3IN5. The number of likely N-dealkylation sites (N-methyl/N-ethyl adjacent to an activating group) is 1. The Hall–Kier alpha value is -0.290. The van der Waals surface area contributed by atoms with Crippen molar-refractivity contribution in [3.63, 3.8) is 0 Å². The van der Waals surface area contributed by atoms with E-state index in [1.807, 2.05) is 6.92 Å². The minimum atomic E-state index is -4.15. The summed E-state index contributed by atoms with van der Waals surface area (Å²) in [7, 11) is 0. The fourth-order valence-corrected chi connectivity index (χ4v) is 2.30. The van der Waals surface area contributed by atoms with Gasteiger partial charge in [0.15, 0.2) is 5.96 Å². The normalized spacial score (nSPS) is 17.7. The van der Waals surface area contributed by atoms with E-state index in [1.165, 1.54) is 0 Å². The van der Waals surface area contributed by atoms with Crippen LogP contribution in [0.3, 0.4) is 0 Å². The molecule has 0 aromatic heterocycles. The third kappa shape index (κ3) is 11.0. The Morgan fingerprint density at radius 2 is 1.65 bits per heavy atom. The first-order valence-electron chi connectivity index (χ1n) is 7.98. The highest BCUT2D eigenvalue weighted by Gasteiger charge is 2.26. The van der Waals surface area contributed by atoms with Gasteiger partial charge in [-0.1, -0.05) is 6.92 Å². The van der Waals surface area contributed by atoms with E-state index in [-0.39, 0.29) is 30.5 Å². The fourth-order valence-electron chi connectivity index (χ4n) is 2.30. The van der Waals surface area contributed by atoms with Crippen LogP contribution in [0.25, 0.3) is 0 Å². The Morgan fingerprint density at radius 1 is 1.04 bits per heavy atom. The van der Waals surface area contributed by atoms with Gasteiger partial charge in [0.25, 0.3) is 0 Å². The monoisotopic (exact) mass is 451 g/mol. The van der Waals surface area contributed by atoms with Gasteiger partial charge in [0.1, 0.15) is 0 Å². The van der Waals surface area contributed by atoms with Crippen molar-refractivity contribution >= 4 is 29.9 Å². The zero-order valence-corrected chi connectivity index (χ0v) is 16.3. The van der Waals surface area contributed by atoms with Gasteiger partial charge in [0.2, 0.25) is 0 Å². The van der Waals surface area contributed by atoms with E-state index < -0.39 is 12.6 Å². The second-order valence-corrected chi connectivity index (χ2v) is 5.33. The van der Waals surface area contributed by atoms with Crippen molar-refractivity contribution in [2.75, 3.05) is 58.9 Å². The Morgan fingerprint density at radius 3 is 2.17 bits per heavy atom. The molecule has 0 aliphatic carbocycles. The summed E-state index contributed by atoms with van der Waals surface area (Å²) in [5.41, 5.74) is 0. The maximum Gasteiger partial charge on any atom is 0.390 e. The Balaban J connectivity index is 0.00000484. The molecule has 0 unspecified atom stereocenters. The van der Waals surface area contributed by atoms with Crippen molar-refractivity contribution in [1.82, 2.24) is 20.4 Å². The molecule has 0 aromatic carbocycles. The number of guanidine groups is 1. The van der Waals surface area contributed by atoms with Gasteiger partial charge in [-0.3, -0.25) is 9.89 Å². The van der Waals surface area contributed by atoms with E-state index in [0.717, 1.165) is 39.3 Å². The second-order valence-electron chi connectivity index (χ2n) is 5.33. The predicted molar refractivity (Wildman–Crippen MR) is 98.6 cm³/mol. The van der Waals surface area contributed by atoms with Crippen molar-refractivity contribution in [2.45, 2.75) is 26.4 Å². The third-order valence-electron chi connectivity index (χ3n) is 3.64. The van der Waals surface area contributed by atoms with E-state index >= 15 is 0 Å².